The molecule has 0 amide bonds. The summed E-state index contributed by atoms with van der Waals surface area (Å²) >= 11 is 0. The lowest BCUT2D eigenvalue weighted by Gasteiger charge is -2.27. The van der Waals surface area contributed by atoms with Gasteiger partial charge in [-0.2, -0.15) is 0 Å². The van der Waals surface area contributed by atoms with E-state index in [9.17, 15) is 0 Å². The minimum absolute atomic E-state index is 0.691. The summed E-state index contributed by atoms with van der Waals surface area (Å²) in [6.07, 6.45) is 0. The molecule has 65 heavy (non-hydrogen) atoms. The first-order chi connectivity index (χ1) is 32.2. The lowest BCUT2D eigenvalue weighted by atomic mass is 9.93. The van der Waals surface area contributed by atoms with Gasteiger partial charge in [0.15, 0.2) is 0 Å². The van der Waals surface area contributed by atoms with Crippen molar-refractivity contribution in [3.8, 4) is 66.8 Å². The van der Waals surface area contributed by atoms with Crippen molar-refractivity contribution in [1.82, 2.24) is 4.57 Å². The summed E-state index contributed by atoms with van der Waals surface area (Å²) in [5.74, 6) is 0. The van der Waals surface area contributed by atoms with Crippen molar-refractivity contribution in [1.29, 1.82) is 0 Å². The summed E-state index contributed by atoms with van der Waals surface area (Å²) in [5.41, 5.74) is 20.7. The van der Waals surface area contributed by atoms with E-state index in [1.165, 1.54) is 94.1 Å². The lowest BCUT2D eigenvalue weighted by molar-refractivity contribution is 0.827. The summed E-state index contributed by atoms with van der Waals surface area (Å²) in [6, 6.07) is 90.6. The van der Waals surface area contributed by atoms with Crippen molar-refractivity contribution in [2.75, 3.05) is 4.90 Å². The Morgan fingerprint density at radius 2 is 0.708 bits per heavy atom. The highest BCUT2D eigenvalue weighted by molar-refractivity contribution is 6.15. The maximum atomic E-state index is 2.45. The summed E-state index contributed by atoms with van der Waals surface area (Å²) in [5, 5.41) is 2.61. The van der Waals surface area contributed by atoms with Gasteiger partial charge < -0.3 is 9.47 Å². The van der Waals surface area contributed by atoms with Crippen LogP contribution >= 0.6 is 0 Å². The first-order valence-electron chi connectivity index (χ1n) is 22.7. The third kappa shape index (κ3) is 7.81. The van der Waals surface area contributed by atoms with E-state index in [4.69, 9.17) is 0 Å². The number of hydrogen-bond donors (Lipinski definition) is 0. The summed E-state index contributed by atoms with van der Waals surface area (Å²) in [6.45, 7) is 3.85. The van der Waals surface area contributed by atoms with E-state index in [-0.39, 0.29) is 0 Å². The molecule has 0 aliphatic heterocycles. The second kappa shape index (κ2) is 17.5. The second-order valence-electron chi connectivity index (χ2n) is 16.8. The topological polar surface area (TPSA) is 8.17 Å². The fourth-order valence-electron chi connectivity index (χ4n) is 9.61. The predicted molar refractivity (Wildman–Crippen MR) is 276 cm³/mol. The Morgan fingerprint density at radius 1 is 0.323 bits per heavy atom. The third-order valence-electron chi connectivity index (χ3n) is 13.0. The summed E-state index contributed by atoms with van der Waals surface area (Å²) < 4.78 is 2.43. The molecule has 0 spiro atoms. The molecule has 11 rings (SSSR count). The summed E-state index contributed by atoms with van der Waals surface area (Å²) in [4.78, 5) is 2.45. The lowest BCUT2D eigenvalue weighted by Crippen LogP contribution is -2.17. The number of benzene rings is 10. The average Bonchev–Trinajstić information content (AvgIpc) is 3.73. The normalized spacial score (nSPS) is 11.3. The number of rotatable bonds is 11. The molecule has 0 atom stereocenters. The molecule has 0 aliphatic rings. The van der Waals surface area contributed by atoms with Crippen molar-refractivity contribution in [3.63, 3.8) is 0 Å². The highest BCUT2D eigenvalue weighted by Gasteiger charge is 2.17. The maximum Gasteiger partial charge on any atom is 0.0497 e. The highest BCUT2D eigenvalue weighted by Crippen LogP contribution is 2.40. The monoisotopic (exact) mass is 832 g/mol. The van der Waals surface area contributed by atoms with E-state index in [0.29, 0.717) is 6.54 Å². The van der Waals surface area contributed by atoms with E-state index in [2.05, 4.69) is 265 Å². The van der Waals surface area contributed by atoms with Gasteiger partial charge in [-0.05, 0) is 122 Å². The first kappa shape index (κ1) is 39.6. The van der Waals surface area contributed by atoms with Gasteiger partial charge in [-0.3, -0.25) is 0 Å². The van der Waals surface area contributed by atoms with Crippen molar-refractivity contribution < 1.29 is 0 Å². The molecule has 310 valence electrons. The van der Waals surface area contributed by atoms with Crippen LogP contribution in [0.5, 0.6) is 0 Å². The average molecular weight is 833 g/mol. The number of aromatic nitrogens is 1. The Balaban J connectivity index is 0.948. The van der Waals surface area contributed by atoms with Crippen LogP contribution in [0.1, 0.15) is 12.5 Å². The molecule has 1 aromatic heterocycles. The van der Waals surface area contributed by atoms with Crippen molar-refractivity contribution in [3.05, 3.63) is 254 Å². The molecule has 10 aromatic carbocycles. The van der Waals surface area contributed by atoms with Gasteiger partial charge in [-0.25, -0.2) is 0 Å². The van der Waals surface area contributed by atoms with E-state index >= 15 is 0 Å². The number of fused-ring (bicyclic) bond motifs is 3. The largest absolute Gasteiger partial charge is 0.341 e. The van der Waals surface area contributed by atoms with Crippen LogP contribution in [0, 0.1) is 0 Å². The Kier molecular flexibility index (Phi) is 10.7. The van der Waals surface area contributed by atoms with Crippen molar-refractivity contribution in [2.24, 2.45) is 0 Å². The fraction of sp³-hybridized carbons (Fsp3) is 0.0476. The zero-order chi connectivity index (χ0) is 43.5. The summed E-state index contributed by atoms with van der Waals surface area (Å²) in [7, 11) is 0. The standard InChI is InChI=1S/C63H48N2/c1-2-64-61-25-12-11-23-60(61)63-59(24-14-26-62(63)64)54-21-13-20-53(43-54)58-22-10-9-19-55(58)44-65(56-39-35-51(36-40-56)49-31-27-47(28-32-49)45-15-5-3-6-16-45)57-41-37-52(38-42-57)50-33-29-48(30-34-50)46-17-7-4-8-18-46/h3-43H,2,44H2,1H3. The van der Waals surface area contributed by atoms with Gasteiger partial charge >= 0.3 is 0 Å². The molecule has 1 heterocycles. The van der Waals surface area contributed by atoms with Crippen LogP contribution in [0.4, 0.5) is 11.4 Å². The van der Waals surface area contributed by atoms with Crippen LogP contribution in [0.25, 0.3) is 88.6 Å². The van der Waals surface area contributed by atoms with Gasteiger partial charge in [-0.1, -0.05) is 206 Å². The predicted octanol–water partition coefficient (Wildman–Crippen LogP) is 17.2. The number of para-hydroxylation sites is 1. The van der Waals surface area contributed by atoms with Crippen LogP contribution < -0.4 is 4.90 Å². The zero-order valence-electron chi connectivity index (χ0n) is 36.5. The molecule has 2 heteroatoms. The smallest absolute Gasteiger partial charge is 0.0497 e. The Hall–Kier alpha value is -8.20. The molecule has 0 fully saturated rings. The molecule has 0 aliphatic carbocycles. The Morgan fingerprint density at radius 3 is 1.25 bits per heavy atom. The van der Waals surface area contributed by atoms with Gasteiger partial charge in [-0.15, -0.1) is 0 Å². The van der Waals surface area contributed by atoms with Crippen LogP contribution in [-0.2, 0) is 13.1 Å². The van der Waals surface area contributed by atoms with E-state index in [0.717, 1.165) is 17.9 Å². The maximum absolute atomic E-state index is 2.45. The number of anilines is 2. The molecule has 0 radical (unpaired) electrons. The Bertz CT molecular complexity index is 3260. The molecule has 0 saturated heterocycles. The molecular weight excluding hydrogens is 785 g/mol. The van der Waals surface area contributed by atoms with Gasteiger partial charge in [0.25, 0.3) is 0 Å². The highest BCUT2D eigenvalue weighted by atomic mass is 15.1. The van der Waals surface area contributed by atoms with Gasteiger partial charge in [0.05, 0.1) is 0 Å². The van der Waals surface area contributed by atoms with Crippen LogP contribution in [0.3, 0.4) is 0 Å². The van der Waals surface area contributed by atoms with Crippen LogP contribution in [0.15, 0.2) is 249 Å². The molecule has 0 saturated carbocycles. The quantitative estimate of drug-likeness (QED) is 0.126. The molecule has 0 unspecified atom stereocenters. The minimum Gasteiger partial charge on any atom is -0.341 e. The van der Waals surface area contributed by atoms with Gasteiger partial charge in [0.1, 0.15) is 0 Å². The van der Waals surface area contributed by atoms with E-state index in [1.54, 1.807) is 0 Å². The van der Waals surface area contributed by atoms with E-state index in [1.807, 2.05) is 0 Å². The fourth-order valence-corrected chi connectivity index (χ4v) is 9.61. The molecule has 0 N–H and O–H groups in total. The molecule has 11 aromatic rings. The Labute approximate surface area is 382 Å². The molecular formula is C63H48N2. The van der Waals surface area contributed by atoms with E-state index < -0.39 is 0 Å². The SMILES string of the molecule is CCn1c2ccccc2c2c(-c3cccc(-c4ccccc4CN(c4ccc(-c5ccc(-c6ccccc6)cc5)cc4)c4ccc(-c5ccc(-c6ccccc6)cc5)cc4)c3)cccc21. The number of nitrogens with zero attached hydrogens (tertiary/aromatic N) is 2. The van der Waals surface area contributed by atoms with Crippen molar-refractivity contribution in [2.45, 2.75) is 20.0 Å². The van der Waals surface area contributed by atoms with Gasteiger partial charge in [0, 0.05) is 46.3 Å². The zero-order valence-corrected chi connectivity index (χ0v) is 36.5. The van der Waals surface area contributed by atoms with Crippen LogP contribution in [-0.4, -0.2) is 4.57 Å². The van der Waals surface area contributed by atoms with Gasteiger partial charge in [0.2, 0.25) is 0 Å². The minimum atomic E-state index is 0.691. The third-order valence-corrected chi connectivity index (χ3v) is 13.0. The first-order valence-corrected chi connectivity index (χ1v) is 22.7. The molecule has 0 bridgehead atoms. The van der Waals surface area contributed by atoms with Crippen molar-refractivity contribution >= 4 is 33.2 Å². The number of aryl methyl sites for hydroxylation is 1. The second-order valence-corrected chi connectivity index (χ2v) is 16.8. The number of hydrogen-bond acceptors (Lipinski definition) is 1. The molecule has 2 nitrogen and oxygen atoms in total. The van der Waals surface area contributed by atoms with Crippen LogP contribution in [0.2, 0.25) is 0 Å².